The maximum atomic E-state index is 9.75. The fraction of sp³-hybridized carbons (Fsp3) is 1.00. The summed E-state index contributed by atoms with van der Waals surface area (Å²) in [6.45, 7) is 5.07. The molecular weight excluding hydrogens is 126 g/mol. The second-order valence-electron chi connectivity index (χ2n) is 3.24. The Morgan fingerprint density at radius 2 is 2.20 bits per heavy atom. The lowest BCUT2D eigenvalue weighted by Gasteiger charge is -2.42. The molecule has 2 N–H and O–H groups in total. The molecule has 1 aliphatic carbocycles. The summed E-state index contributed by atoms with van der Waals surface area (Å²) in [5.41, 5.74) is -0.379. The Bertz CT molecular complexity index is 110. The summed E-state index contributed by atoms with van der Waals surface area (Å²) >= 11 is 0. The minimum atomic E-state index is -0.379. The van der Waals surface area contributed by atoms with Crippen molar-refractivity contribution in [2.24, 2.45) is 0 Å². The van der Waals surface area contributed by atoms with E-state index in [0.29, 0.717) is 0 Å². The first-order valence-electron chi connectivity index (χ1n) is 4.15. The van der Waals surface area contributed by atoms with Crippen LogP contribution in [0.1, 0.15) is 33.1 Å². The van der Waals surface area contributed by atoms with E-state index >= 15 is 0 Å². The van der Waals surface area contributed by atoms with Crippen LogP contribution in [-0.4, -0.2) is 23.3 Å². The molecule has 0 spiro atoms. The second kappa shape index (κ2) is 2.89. The van der Waals surface area contributed by atoms with Gasteiger partial charge in [0.25, 0.3) is 0 Å². The van der Waals surface area contributed by atoms with Gasteiger partial charge < -0.3 is 10.4 Å². The van der Waals surface area contributed by atoms with Crippen LogP contribution in [0.4, 0.5) is 0 Å². The Hall–Kier alpha value is -0.0800. The van der Waals surface area contributed by atoms with Crippen LogP contribution in [0.15, 0.2) is 0 Å². The van der Waals surface area contributed by atoms with Gasteiger partial charge in [-0.2, -0.15) is 0 Å². The molecule has 10 heavy (non-hydrogen) atoms. The first-order valence-corrected chi connectivity index (χ1v) is 4.15. The zero-order valence-corrected chi connectivity index (χ0v) is 6.85. The van der Waals surface area contributed by atoms with Crippen molar-refractivity contribution >= 4 is 0 Å². The van der Waals surface area contributed by atoms with Crippen LogP contribution in [0.25, 0.3) is 0 Å². The zero-order chi connectivity index (χ0) is 7.61. The molecule has 1 rings (SSSR count). The number of nitrogens with one attached hydrogen (secondary N) is 1. The molecule has 2 nitrogen and oxygen atoms in total. The summed E-state index contributed by atoms with van der Waals surface area (Å²) in [5.74, 6) is 0. The van der Waals surface area contributed by atoms with Crippen molar-refractivity contribution in [3.8, 4) is 0 Å². The molecule has 0 aromatic carbocycles. The van der Waals surface area contributed by atoms with Crippen LogP contribution in [-0.2, 0) is 0 Å². The highest BCUT2D eigenvalue weighted by atomic mass is 16.3. The summed E-state index contributed by atoms with van der Waals surface area (Å²) < 4.78 is 0. The molecule has 2 heteroatoms. The van der Waals surface area contributed by atoms with Crippen molar-refractivity contribution in [2.75, 3.05) is 6.54 Å². The average Bonchev–Trinajstić information content (AvgIpc) is 1.83. The summed E-state index contributed by atoms with van der Waals surface area (Å²) in [5, 5.41) is 13.0. The number of likely N-dealkylation sites (N-methyl/N-ethyl adjacent to an activating group) is 1. The first-order chi connectivity index (χ1) is 4.69. The Labute approximate surface area is 62.6 Å². The number of aliphatic hydroxyl groups is 1. The van der Waals surface area contributed by atoms with Gasteiger partial charge in [-0.3, -0.25) is 0 Å². The fourth-order valence-electron chi connectivity index (χ4n) is 1.47. The average molecular weight is 143 g/mol. The Kier molecular flexibility index (Phi) is 2.32. The lowest BCUT2D eigenvalue weighted by molar-refractivity contribution is -0.0594. The molecule has 1 fully saturated rings. The molecule has 1 atom stereocenters. The third kappa shape index (κ3) is 1.32. The SMILES string of the molecule is CCNC(C)C1(O)CCC1. The van der Waals surface area contributed by atoms with Gasteiger partial charge in [0.1, 0.15) is 0 Å². The molecule has 1 saturated carbocycles. The van der Waals surface area contributed by atoms with Gasteiger partial charge >= 0.3 is 0 Å². The van der Waals surface area contributed by atoms with Gasteiger partial charge in [-0.1, -0.05) is 6.92 Å². The molecule has 60 valence electrons. The zero-order valence-electron chi connectivity index (χ0n) is 6.85. The van der Waals surface area contributed by atoms with Crippen molar-refractivity contribution in [1.29, 1.82) is 0 Å². The van der Waals surface area contributed by atoms with Crippen molar-refractivity contribution in [3.05, 3.63) is 0 Å². The van der Waals surface area contributed by atoms with E-state index in [2.05, 4.69) is 19.2 Å². The van der Waals surface area contributed by atoms with Crippen LogP contribution < -0.4 is 5.32 Å². The van der Waals surface area contributed by atoms with Crippen molar-refractivity contribution < 1.29 is 5.11 Å². The van der Waals surface area contributed by atoms with Gasteiger partial charge in [-0.15, -0.1) is 0 Å². The van der Waals surface area contributed by atoms with Crippen LogP contribution in [0, 0.1) is 0 Å². The van der Waals surface area contributed by atoms with Gasteiger partial charge in [-0.05, 0) is 32.7 Å². The Morgan fingerprint density at radius 3 is 2.50 bits per heavy atom. The molecule has 0 amide bonds. The van der Waals surface area contributed by atoms with Crippen molar-refractivity contribution in [2.45, 2.75) is 44.8 Å². The van der Waals surface area contributed by atoms with E-state index in [0.717, 1.165) is 19.4 Å². The van der Waals surface area contributed by atoms with Gasteiger partial charge in [0.15, 0.2) is 0 Å². The predicted molar refractivity (Wildman–Crippen MR) is 41.9 cm³/mol. The maximum Gasteiger partial charge on any atom is 0.0797 e. The van der Waals surface area contributed by atoms with Gasteiger partial charge in [0, 0.05) is 6.04 Å². The van der Waals surface area contributed by atoms with E-state index in [-0.39, 0.29) is 11.6 Å². The van der Waals surface area contributed by atoms with E-state index in [1.807, 2.05) is 0 Å². The topological polar surface area (TPSA) is 32.3 Å². The molecule has 1 unspecified atom stereocenters. The van der Waals surface area contributed by atoms with E-state index in [4.69, 9.17) is 0 Å². The normalized spacial score (nSPS) is 25.5. The maximum absolute atomic E-state index is 9.75. The summed E-state index contributed by atoms with van der Waals surface area (Å²) in [4.78, 5) is 0. The molecule has 0 aromatic rings. The van der Waals surface area contributed by atoms with Crippen LogP contribution in [0.5, 0.6) is 0 Å². The van der Waals surface area contributed by atoms with Gasteiger partial charge in [-0.25, -0.2) is 0 Å². The second-order valence-corrected chi connectivity index (χ2v) is 3.24. The quantitative estimate of drug-likeness (QED) is 0.615. The van der Waals surface area contributed by atoms with Gasteiger partial charge in [0.05, 0.1) is 5.60 Å². The molecule has 0 aromatic heterocycles. The summed E-state index contributed by atoms with van der Waals surface area (Å²) in [6.07, 6.45) is 3.13. The predicted octanol–water partition coefficient (Wildman–Crippen LogP) is 0.899. The highest BCUT2D eigenvalue weighted by Gasteiger charge is 2.39. The Morgan fingerprint density at radius 1 is 1.60 bits per heavy atom. The minimum absolute atomic E-state index is 0.270. The van der Waals surface area contributed by atoms with Crippen molar-refractivity contribution in [1.82, 2.24) is 5.32 Å². The van der Waals surface area contributed by atoms with Crippen molar-refractivity contribution in [3.63, 3.8) is 0 Å². The van der Waals surface area contributed by atoms with E-state index in [1.165, 1.54) is 6.42 Å². The monoisotopic (exact) mass is 143 g/mol. The third-order valence-corrected chi connectivity index (χ3v) is 2.54. The molecule has 0 bridgehead atoms. The van der Waals surface area contributed by atoms with E-state index < -0.39 is 0 Å². The molecule has 1 aliphatic rings. The lowest BCUT2D eigenvalue weighted by Crippen LogP contribution is -2.53. The molecular formula is C8H17NO. The van der Waals surface area contributed by atoms with Crippen LogP contribution >= 0.6 is 0 Å². The summed E-state index contributed by atoms with van der Waals surface area (Å²) in [6, 6.07) is 0.270. The molecule has 0 aliphatic heterocycles. The van der Waals surface area contributed by atoms with Crippen LogP contribution in [0.2, 0.25) is 0 Å². The lowest BCUT2D eigenvalue weighted by atomic mass is 9.75. The van der Waals surface area contributed by atoms with E-state index in [1.54, 1.807) is 0 Å². The number of hydrogen-bond acceptors (Lipinski definition) is 2. The third-order valence-electron chi connectivity index (χ3n) is 2.54. The fourth-order valence-corrected chi connectivity index (χ4v) is 1.47. The highest BCUT2D eigenvalue weighted by Crippen LogP contribution is 2.34. The largest absolute Gasteiger partial charge is 0.388 e. The minimum Gasteiger partial charge on any atom is -0.388 e. The highest BCUT2D eigenvalue weighted by molar-refractivity contribution is 4.95. The molecule has 0 saturated heterocycles. The smallest absolute Gasteiger partial charge is 0.0797 e. The Balaban J connectivity index is 2.31. The van der Waals surface area contributed by atoms with Crippen LogP contribution in [0.3, 0.4) is 0 Å². The molecule has 0 radical (unpaired) electrons. The van der Waals surface area contributed by atoms with E-state index in [9.17, 15) is 5.11 Å². The molecule has 0 heterocycles. The number of hydrogen-bond donors (Lipinski definition) is 2. The standard InChI is InChI=1S/C8H17NO/c1-3-9-7(2)8(10)5-4-6-8/h7,9-10H,3-6H2,1-2H3. The first kappa shape index (κ1) is 8.02. The van der Waals surface area contributed by atoms with Gasteiger partial charge in [0.2, 0.25) is 0 Å². The number of rotatable bonds is 3. The summed E-state index contributed by atoms with van der Waals surface area (Å²) in [7, 11) is 0.